The van der Waals surface area contributed by atoms with Crippen LogP contribution in [0.3, 0.4) is 0 Å². The maximum Gasteiger partial charge on any atom is 0.224 e. The molecule has 27 heavy (non-hydrogen) atoms. The minimum absolute atomic E-state index is 0.703. The van der Waals surface area contributed by atoms with Gasteiger partial charge in [0.15, 0.2) is 0 Å². The Hall–Kier alpha value is -3.08. The molecule has 0 aliphatic carbocycles. The first kappa shape index (κ1) is 17.3. The second kappa shape index (κ2) is 8.54. The average molecular weight is 359 g/mol. The molecule has 0 unspecified atom stereocenters. The molecule has 1 N–H and O–H groups in total. The van der Waals surface area contributed by atoms with E-state index in [1.54, 1.807) is 0 Å². The molecule has 1 aliphatic rings. The quantitative estimate of drug-likeness (QED) is 0.730. The van der Waals surface area contributed by atoms with Gasteiger partial charge in [0.25, 0.3) is 0 Å². The summed E-state index contributed by atoms with van der Waals surface area (Å²) >= 11 is 0. The van der Waals surface area contributed by atoms with Gasteiger partial charge in [-0.3, -0.25) is 0 Å². The predicted molar refractivity (Wildman–Crippen MR) is 112 cm³/mol. The van der Waals surface area contributed by atoms with Crippen molar-refractivity contribution < 1.29 is 0 Å². The molecule has 4 rings (SSSR count). The van der Waals surface area contributed by atoms with Crippen molar-refractivity contribution in [2.75, 3.05) is 47.8 Å². The van der Waals surface area contributed by atoms with Crippen molar-refractivity contribution in [3.8, 4) is 0 Å². The van der Waals surface area contributed by atoms with Crippen molar-refractivity contribution in [1.82, 2.24) is 9.97 Å². The standard InChI is InChI=1S/C22H25N5/c1-3-7-19(8-4-1)11-13-23-22-24-14-12-21(25-22)27-17-15-26(16-18-27)20-9-5-2-6-10-20/h1-10,12,14H,11,13,15-18H2,(H,23,24,25). The van der Waals surface area contributed by atoms with Crippen LogP contribution in [0.15, 0.2) is 72.9 Å². The molecule has 0 atom stereocenters. The van der Waals surface area contributed by atoms with Gasteiger partial charge in [0.1, 0.15) is 5.82 Å². The van der Waals surface area contributed by atoms with Gasteiger partial charge >= 0.3 is 0 Å². The summed E-state index contributed by atoms with van der Waals surface area (Å²) in [5.41, 5.74) is 2.61. The number of hydrogen-bond acceptors (Lipinski definition) is 5. The van der Waals surface area contributed by atoms with Crippen LogP contribution in [0.2, 0.25) is 0 Å². The molecule has 1 fully saturated rings. The van der Waals surface area contributed by atoms with E-state index in [1.807, 2.05) is 18.3 Å². The number of nitrogens with one attached hydrogen (secondary N) is 1. The lowest BCUT2D eigenvalue weighted by Crippen LogP contribution is -2.46. The highest BCUT2D eigenvalue weighted by Gasteiger charge is 2.18. The Morgan fingerprint density at radius 2 is 1.44 bits per heavy atom. The Morgan fingerprint density at radius 1 is 0.778 bits per heavy atom. The van der Waals surface area contributed by atoms with Gasteiger partial charge in [-0.05, 0) is 30.2 Å². The van der Waals surface area contributed by atoms with Crippen molar-refractivity contribution in [1.29, 1.82) is 0 Å². The maximum atomic E-state index is 4.71. The Balaban J connectivity index is 1.31. The molecular formula is C22H25N5. The first-order valence-corrected chi connectivity index (χ1v) is 9.54. The third-order valence-corrected chi connectivity index (χ3v) is 4.91. The third kappa shape index (κ3) is 4.56. The van der Waals surface area contributed by atoms with E-state index in [9.17, 15) is 0 Å². The summed E-state index contributed by atoms with van der Waals surface area (Å²) in [6.07, 6.45) is 2.81. The summed E-state index contributed by atoms with van der Waals surface area (Å²) in [6.45, 7) is 4.77. The number of benzene rings is 2. The van der Waals surface area contributed by atoms with Gasteiger partial charge in [0.2, 0.25) is 5.95 Å². The van der Waals surface area contributed by atoms with Crippen LogP contribution >= 0.6 is 0 Å². The topological polar surface area (TPSA) is 44.3 Å². The summed E-state index contributed by atoms with van der Waals surface area (Å²) in [7, 11) is 0. The van der Waals surface area contributed by atoms with E-state index < -0.39 is 0 Å². The van der Waals surface area contributed by atoms with E-state index >= 15 is 0 Å². The third-order valence-electron chi connectivity index (χ3n) is 4.91. The SMILES string of the molecule is c1ccc(CCNc2nccc(N3CCN(c4ccccc4)CC3)n2)cc1. The molecule has 5 heteroatoms. The van der Waals surface area contributed by atoms with Crippen molar-refractivity contribution in [3.05, 3.63) is 78.5 Å². The molecule has 0 saturated carbocycles. The van der Waals surface area contributed by atoms with Crippen molar-refractivity contribution >= 4 is 17.5 Å². The van der Waals surface area contributed by atoms with Crippen LogP contribution in [0.5, 0.6) is 0 Å². The van der Waals surface area contributed by atoms with Crippen LogP contribution in [0, 0.1) is 0 Å². The minimum Gasteiger partial charge on any atom is -0.368 e. The minimum atomic E-state index is 0.703. The normalized spacial score (nSPS) is 14.2. The molecule has 0 amide bonds. The van der Waals surface area contributed by atoms with E-state index in [0.29, 0.717) is 5.95 Å². The second-order valence-corrected chi connectivity index (χ2v) is 6.71. The Morgan fingerprint density at radius 3 is 2.19 bits per heavy atom. The number of aromatic nitrogens is 2. The lowest BCUT2D eigenvalue weighted by atomic mass is 10.1. The fourth-order valence-corrected chi connectivity index (χ4v) is 3.41. The van der Waals surface area contributed by atoms with Crippen LogP contribution in [-0.2, 0) is 6.42 Å². The zero-order valence-corrected chi connectivity index (χ0v) is 15.5. The zero-order chi connectivity index (χ0) is 18.3. The summed E-state index contributed by atoms with van der Waals surface area (Å²) in [6, 6.07) is 23.1. The van der Waals surface area contributed by atoms with E-state index in [0.717, 1.165) is 45.0 Å². The molecule has 0 radical (unpaired) electrons. The van der Waals surface area contributed by atoms with Crippen molar-refractivity contribution in [2.45, 2.75) is 6.42 Å². The van der Waals surface area contributed by atoms with E-state index in [4.69, 9.17) is 4.98 Å². The molecule has 0 spiro atoms. The van der Waals surface area contributed by atoms with Gasteiger partial charge in [-0.2, -0.15) is 4.98 Å². The highest BCUT2D eigenvalue weighted by atomic mass is 15.3. The monoisotopic (exact) mass is 359 g/mol. The average Bonchev–Trinajstić information content (AvgIpc) is 2.76. The molecule has 5 nitrogen and oxygen atoms in total. The molecular weight excluding hydrogens is 334 g/mol. The number of piperazine rings is 1. The van der Waals surface area contributed by atoms with E-state index in [-0.39, 0.29) is 0 Å². The number of rotatable bonds is 6. The Bertz CT molecular complexity index is 830. The lowest BCUT2D eigenvalue weighted by molar-refractivity contribution is 0.647. The van der Waals surface area contributed by atoms with Gasteiger partial charge in [-0.1, -0.05) is 48.5 Å². The largest absolute Gasteiger partial charge is 0.368 e. The predicted octanol–water partition coefficient (Wildman–Crippen LogP) is 3.46. The summed E-state index contributed by atoms with van der Waals surface area (Å²) < 4.78 is 0. The van der Waals surface area contributed by atoms with Gasteiger partial charge < -0.3 is 15.1 Å². The molecule has 1 saturated heterocycles. The summed E-state index contributed by atoms with van der Waals surface area (Å²) in [4.78, 5) is 13.8. The molecule has 2 aromatic carbocycles. The van der Waals surface area contributed by atoms with Crippen molar-refractivity contribution in [3.63, 3.8) is 0 Å². The highest BCUT2D eigenvalue weighted by molar-refractivity contribution is 5.50. The van der Waals surface area contributed by atoms with Crippen molar-refractivity contribution in [2.24, 2.45) is 0 Å². The Labute approximate surface area is 160 Å². The first-order chi connectivity index (χ1) is 13.4. The number of para-hydroxylation sites is 1. The number of hydrogen-bond donors (Lipinski definition) is 1. The smallest absolute Gasteiger partial charge is 0.224 e. The fourth-order valence-electron chi connectivity index (χ4n) is 3.41. The molecule has 1 aromatic heterocycles. The van der Waals surface area contributed by atoms with Crippen LogP contribution in [0.25, 0.3) is 0 Å². The number of anilines is 3. The molecule has 138 valence electrons. The summed E-state index contributed by atoms with van der Waals surface area (Å²) in [5, 5.41) is 3.35. The van der Waals surface area contributed by atoms with Gasteiger partial charge in [0, 0.05) is 44.6 Å². The van der Waals surface area contributed by atoms with E-state index in [2.05, 4.69) is 74.7 Å². The van der Waals surface area contributed by atoms with Crippen LogP contribution in [0.4, 0.5) is 17.5 Å². The zero-order valence-electron chi connectivity index (χ0n) is 15.5. The lowest BCUT2D eigenvalue weighted by Gasteiger charge is -2.36. The highest BCUT2D eigenvalue weighted by Crippen LogP contribution is 2.19. The molecule has 1 aliphatic heterocycles. The van der Waals surface area contributed by atoms with E-state index in [1.165, 1.54) is 11.3 Å². The van der Waals surface area contributed by atoms with Crippen LogP contribution in [0.1, 0.15) is 5.56 Å². The second-order valence-electron chi connectivity index (χ2n) is 6.71. The Kier molecular flexibility index (Phi) is 5.48. The fraction of sp³-hybridized carbons (Fsp3) is 0.273. The summed E-state index contributed by atoms with van der Waals surface area (Å²) in [5.74, 6) is 1.70. The molecule has 3 aromatic rings. The van der Waals surface area contributed by atoms with Crippen LogP contribution in [-0.4, -0.2) is 42.7 Å². The number of nitrogens with zero attached hydrogens (tertiary/aromatic N) is 4. The van der Waals surface area contributed by atoms with Gasteiger partial charge in [-0.15, -0.1) is 0 Å². The van der Waals surface area contributed by atoms with Gasteiger partial charge in [0.05, 0.1) is 0 Å². The molecule has 2 heterocycles. The van der Waals surface area contributed by atoms with Crippen LogP contribution < -0.4 is 15.1 Å². The molecule has 0 bridgehead atoms. The van der Waals surface area contributed by atoms with Gasteiger partial charge in [-0.25, -0.2) is 4.98 Å². The first-order valence-electron chi connectivity index (χ1n) is 9.54. The maximum absolute atomic E-state index is 4.71.